The van der Waals surface area contributed by atoms with Crippen molar-refractivity contribution in [2.75, 3.05) is 11.9 Å². The molecule has 0 saturated heterocycles. The molecule has 1 N–H and O–H groups in total. The zero-order valence-corrected chi connectivity index (χ0v) is 13.7. The highest BCUT2D eigenvalue weighted by Gasteiger charge is 2.24. The number of nitrogens with one attached hydrogen (secondary N) is 1. The van der Waals surface area contributed by atoms with E-state index in [0.717, 1.165) is 17.3 Å². The fraction of sp³-hybridized carbons (Fsp3) is 0.706. The molecule has 0 aromatic carbocycles. The summed E-state index contributed by atoms with van der Waals surface area (Å²) < 4.78 is 13.5. The lowest BCUT2D eigenvalue weighted by molar-refractivity contribution is 0.339. The predicted octanol–water partition coefficient (Wildman–Crippen LogP) is 3.73. The summed E-state index contributed by atoms with van der Waals surface area (Å²) in [6.07, 6.45) is 6.28. The van der Waals surface area contributed by atoms with Gasteiger partial charge in [0.15, 0.2) is 0 Å². The van der Waals surface area contributed by atoms with Crippen LogP contribution >= 0.6 is 0 Å². The van der Waals surface area contributed by atoms with Gasteiger partial charge in [-0.05, 0) is 37.7 Å². The van der Waals surface area contributed by atoms with Crippen molar-refractivity contribution >= 4 is 5.82 Å². The SMILES string of the molecule is CC1CCC(N(C)c2ncc(F)cc2CNC(C)C)CC1. The summed E-state index contributed by atoms with van der Waals surface area (Å²) in [7, 11) is 2.10. The zero-order valence-electron chi connectivity index (χ0n) is 13.7. The van der Waals surface area contributed by atoms with Gasteiger partial charge in [0.25, 0.3) is 0 Å². The molecule has 0 aliphatic heterocycles. The molecule has 21 heavy (non-hydrogen) atoms. The van der Waals surface area contributed by atoms with Crippen molar-refractivity contribution in [1.29, 1.82) is 0 Å². The Hall–Kier alpha value is -1.16. The van der Waals surface area contributed by atoms with Crippen molar-refractivity contribution in [3.8, 4) is 0 Å². The molecule has 1 aliphatic carbocycles. The van der Waals surface area contributed by atoms with E-state index in [9.17, 15) is 4.39 Å². The average Bonchev–Trinajstić information content (AvgIpc) is 2.45. The summed E-state index contributed by atoms with van der Waals surface area (Å²) in [5.74, 6) is 1.49. The van der Waals surface area contributed by atoms with E-state index in [2.05, 4.69) is 43.0 Å². The van der Waals surface area contributed by atoms with Crippen LogP contribution in [-0.4, -0.2) is 24.1 Å². The van der Waals surface area contributed by atoms with E-state index in [1.165, 1.54) is 31.9 Å². The number of hydrogen-bond donors (Lipinski definition) is 1. The van der Waals surface area contributed by atoms with Crippen LogP contribution in [0, 0.1) is 11.7 Å². The summed E-state index contributed by atoms with van der Waals surface area (Å²) >= 11 is 0. The molecule has 2 rings (SSSR count). The van der Waals surface area contributed by atoms with Crippen molar-refractivity contribution in [3.05, 3.63) is 23.6 Å². The monoisotopic (exact) mass is 293 g/mol. The van der Waals surface area contributed by atoms with Crippen LogP contribution in [0.1, 0.15) is 52.0 Å². The Morgan fingerprint density at radius 3 is 2.62 bits per heavy atom. The predicted molar refractivity (Wildman–Crippen MR) is 86.0 cm³/mol. The number of rotatable bonds is 5. The number of anilines is 1. The minimum Gasteiger partial charge on any atom is -0.356 e. The molecule has 0 spiro atoms. The van der Waals surface area contributed by atoms with Gasteiger partial charge >= 0.3 is 0 Å². The standard InChI is InChI=1S/C17H28FN3/c1-12(2)19-10-14-9-15(18)11-20-17(14)21(4)16-7-5-13(3)6-8-16/h9,11-13,16,19H,5-8,10H2,1-4H3. The number of pyridine rings is 1. The first-order valence-electron chi connectivity index (χ1n) is 8.08. The third kappa shape index (κ3) is 4.40. The summed E-state index contributed by atoms with van der Waals surface area (Å²) in [5, 5.41) is 3.36. The summed E-state index contributed by atoms with van der Waals surface area (Å²) in [5.41, 5.74) is 0.949. The van der Waals surface area contributed by atoms with E-state index in [0.29, 0.717) is 18.6 Å². The fourth-order valence-electron chi connectivity index (χ4n) is 3.04. The number of nitrogens with zero attached hydrogens (tertiary/aromatic N) is 2. The third-order valence-corrected chi connectivity index (χ3v) is 4.48. The summed E-state index contributed by atoms with van der Waals surface area (Å²) in [6.45, 7) is 7.17. The topological polar surface area (TPSA) is 28.2 Å². The van der Waals surface area contributed by atoms with Gasteiger partial charge in [0.1, 0.15) is 11.6 Å². The van der Waals surface area contributed by atoms with Crippen molar-refractivity contribution in [3.63, 3.8) is 0 Å². The maximum Gasteiger partial charge on any atom is 0.141 e. The summed E-state index contributed by atoms with van der Waals surface area (Å²) in [6, 6.07) is 2.51. The van der Waals surface area contributed by atoms with Gasteiger partial charge in [0.2, 0.25) is 0 Å². The van der Waals surface area contributed by atoms with E-state index in [-0.39, 0.29) is 5.82 Å². The molecule has 0 radical (unpaired) electrons. The minimum atomic E-state index is -0.259. The molecule has 0 atom stereocenters. The Kier molecular flexibility index (Phi) is 5.57. The van der Waals surface area contributed by atoms with E-state index in [1.54, 1.807) is 6.07 Å². The maximum atomic E-state index is 13.5. The van der Waals surface area contributed by atoms with E-state index >= 15 is 0 Å². The molecular formula is C17H28FN3. The van der Waals surface area contributed by atoms with Crippen LogP contribution in [0.5, 0.6) is 0 Å². The van der Waals surface area contributed by atoms with Crippen LogP contribution in [0.3, 0.4) is 0 Å². The molecule has 1 fully saturated rings. The molecular weight excluding hydrogens is 265 g/mol. The molecule has 0 unspecified atom stereocenters. The lowest BCUT2D eigenvalue weighted by Gasteiger charge is -2.35. The Labute approximate surface area is 127 Å². The zero-order chi connectivity index (χ0) is 15.4. The van der Waals surface area contributed by atoms with Gasteiger partial charge in [-0.2, -0.15) is 0 Å². The molecule has 1 saturated carbocycles. The number of halogens is 1. The Morgan fingerprint density at radius 2 is 2.00 bits per heavy atom. The largest absolute Gasteiger partial charge is 0.356 e. The molecule has 1 heterocycles. The van der Waals surface area contributed by atoms with Gasteiger partial charge < -0.3 is 10.2 Å². The first-order valence-corrected chi connectivity index (χ1v) is 8.08. The van der Waals surface area contributed by atoms with Crippen LogP contribution in [0.4, 0.5) is 10.2 Å². The van der Waals surface area contributed by atoms with Crippen LogP contribution in [0.25, 0.3) is 0 Å². The van der Waals surface area contributed by atoms with Crippen molar-refractivity contribution in [1.82, 2.24) is 10.3 Å². The highest BCUT2D eigenvalue weighted by atomic mass is 19.1. The molecule has 0 amide bonds. The van der Waals surface area contributed by atoms with Gasteiger partial charge in [-0.1, -0.05) is 20.8 Å². The smallest absolute Gasteiger partial charge is 0.141 e. The van der Waals surface area contributed by atoms with E-state index in [1.807, 2.05) is 0 Å². The molecule has 0 bridgehead atoms. The highest BCUT2D eigenvalue weighted by molar-refractivity contribution is 5.47. The minimum absolute atomic E-state index is 0.259. The van der Waals surface area contributed by atoms with Crippen LogP contribution in [-0.2, 0) is 6.54 Å². The van der Waals surface area contributed by atoms with Gasteiger partial charge in [0.05, 0.1) is 6.20 Å². The molecule has 4 heteroatoms. The summed E-state index contributed by atoms with van der Waals surface area (Å²) in [4.78, 5) is 6.61. The molecule has 1 aromatic rings. The fourth-order valence-corrected chi connectivity index (χ4v) is 3.04. The second-order valence-electron chi connectivity index (χ2n) is 6.70. The average molecular weight is 293 g/mol. The van der Waals surface area contributed by atoms with Crippen molar-refractivity contribution in [2.45, 2.75) is 65.1 Å². The second-order valence-corrected chi connectivity index (χ2v) is 6.70. The van der Waals surface area contributed by atoms with Crippen LogP contribution in [0.15, 0.2) is 12.3 Å². The number of aromatic nitrogens is 1. The normalized spacial score (nSPS) is 22.6. The van der Waals surface area contributed by atoms with Gasteiger partial charge in [-0.25, -0.2) is 9.37 Å². The first kappa shape index (κ1) is 16.2. The molecule has 1 aromatic heterocycles. The quantitative estimate of drug-likeness (QED) is 0.896. The van der Waals surface area contributed by atoms with Crippen molar-refractivity contribution < 1.29 is 4.39 Å². The Balaban J connectivity index is 2.13. The maximum absolute atomic E-state index is 13.5. The van der Waals surface area contributed by atoms with Gasteiger partial charge in [0, 0.05) is 31.2 Å². The van der Waals surface area contributed by atoms with Crippen LogP contribution in [0.2, 0.25) is 0 Å². The molecule has 118 valence electrons. The van der Waals surface area contributed by atoms with E-state index in [4.69, 9.17) is 0 Å². The second kappa shape index (κ2) is 7.21. The number of hydrogen-bond acceptors (Lipinski definition) is 3. The third-order valence-electron chi connectivity index (χ3n) is 4.48. The first-order chi connectivity index (χ1) is 9.97. The van der Waals surface area contributed by atoms with Crippen molar-refractivity contribution in [2.24, 2.45) is 5.92 Å². The Bertz CT molecular complexity index is 453. The van der Waals surface area contributed by atoms with Crippen LogP contribution < -0.4 is 10.2 Å². The lowest BCUT2D eigenvalue weighted by atomic mass is 9.86. The van der Waals surface area contributed by atoms with E-state index < -0.39 is 0 Å². The van der Waals surface area contributed by atoms with Gasteiger partial charge in [-0.3, -0.25) is 0 Å². The molecule has 3 nitrogen and oxygen atoms in total. The lowest BCUT2D eigenvalue weighted by Crippen LogP contribution is -2.36. The Morgan fingerprint density at radius 1 is 1.33 bits per heavy atom. The molecule has 1 aliphatic rings. The highest BCUT2D eigenvalue weighted by Crippen LogP contribution is 2.30. The van der Waals surface area contributed by atoms with Gasteiger partial charge in [-0.15, -0.1) is 0 Å².